The molecule has 0 fully saturated rings. The van der Waals surface area contributed by atoms with Gasteiger partial charge >= 0.3 is 5.51 Å². The Hall–Kier alpha value is -3.53. The van der Waals surface area contributed by atoms with E-state index in [2.05, 4.69) is 20.3 Å². The number of nitrogens with one attached hydrogen (secondary N) is 1. The maximum atomic E-state index is 13.0. The number of benzene rings is 2. The third-order valence-electron chi connectivity index (χ3n) is 4.99. The van der Waals surface area contributed by atoms with Gasteiger partial charge in [0.2, 0.25) is 0 Å². The zero-order chi connectivity index (χ0) is 23.1. The largest absolute Gasteiger partial charge is 0.501 e. The van der Waals surface area contributed by atoms with E-state index in [1.54, 1.807) is 50.6 Å². The summed E-state index contributed by atoms with van der Waals surface area (Å²) in [5, 5.41) is 3.65. The van der Waals surface area contributed by atoms with Gasteiger partial charge in [-0.1, -0.05) is 12.1 Å². The van der Waals surface area contributed by atoms with Gasteiger partial charge in [0.25, 0.3) is 9.84 Å². The van der Waals surface area contributed by atoms with Gasteiger partial charge in [0, 0.05) is 30.4 Å². The van der Waals surface area contributed by atoms with Crippen LogP contribution in [0.4, 0.5) is 19.0 Å². The Bertz CT molecular complexity index is 1420. The second-order valence-corrected chi connectivity index (χ2v) is 8.99. The summed E-state index contributed by atoms with van der Waals surface area (Å²) in [6, 6.07) is 12.1. The van der Waals surface area contributed by atoms with Gasteiger partial charge in [0.1, 0.15) is 5.82 Å². The van der Waals surface area contributed by atoms with E-state index < -0.39 is 20.2 Å². The van der Waals surface area contributed by atoms with Crippen LogP contribution in [0.1, 0.15) is 5.56 Å². The number of rotatable bonds is 4. The summed E-state index contributed by atoms with van der Waals surface area (Å²) in [7, 11) is -3.76. The fraction of sp³-hybridized carbons (Fsp3) is 0.136. The molecule has 0 saturated carbocycles. The highest BCUT2D eigenvalue weighted by molar-refractivity contribution is 7.92. The van der Waals surface area contributed by atoms with Gasteiger partial charge in [0.05, 0.1) is 10.4 Å². The summed E-state index contributed by atoms with van der Waals surface area (Å²) in [5.41, 5.74) is -2.48. The van der Waals surface area contributed by atoms with Crippen LogP contribution in [0.2, 0.25) is 0 Å². The van der Waals surface area contributed by atoms with Crippen LogP contribution in [-0.2, 0) is 9.84 Å². The van der Waals surface area contributed by atoms with E-state index in [1.807, 2.05) is 6.07 Å². The van der Waals surface area contributed by atoms with Crippen LogP contribution in [0.5, 0.6) is 0 Å². The minimum atomic E-state index is -5.46. The molecule has 6 nitrogen and oxygen atoms in total. The van der Waals surface area contributed by atoms with Crippen molar-refractivity contribution in [1.29, 1.82) is 0 Å². The van der Waals surface area contributed by atoms with Gasteiger partial charge in [-0.3, -0.25) is 4.98 Å². The Kier molecular flexibility index (Phi) is 5.33. The van der Waals surface area contributed by atoms with E-state index in [1.165, 1.54) is 6.07 Å². The van der Waals surface area contributed by atoms with Crippen molar-refractivity contribution in [2.24, 2.45) is 0 Å². The van der Waals surface area contributed by atoms with Gasteiger partial charge in [-0.2, -0.15) is 13.2 Å². The molecule has 0 aliphatic heterocycles. The minimum Gasteiger partial charge on any atom is -0.373 e. The number of hydrogen-bond acceptors (Lipinski definition) is 6. The molecule has 0 unspecified atom stereocenters. The maximum Gasteiger partial charge on any atom is 0.501 e. The molecule has 0 aliphatic carbocycles. The SMILES string of the molecule is CNc1nc(-c2cccnc2)nc2ccc(-c3cc(S(=O)(=O)C(F)(F)F)ccc3C)cc12. The lowest BCUT2D eigenvalue weighted by Crippen LogP contribution is -2.23. The van der Waals surface area contributed by atoms with Gasteiger partial charge in [0.15, 0.2) is 5.82 Å². The fourth-order valence-electron chi connectivity index (χ4n) is 3.32. The first-order valence-corrected chi connectivity index (χ1v) is 10.9. The molecule has 0 spiro atoms. The fourth-order valence-corrected chi connectivity index (χ4v) is 4.11. The van der Waals surface area contributed by atoms with E-state index in [0.717, 1.165) is 17.7 Å². The van der Waals surface area contributed by atoms with Crippen LogP contribution in [-0.4, -0.2) is 35.9 Å². The van der Waals surface area contributed by atoms with Crippen LogP contribution in [0, 0.1) is 6.92 Å². The van der Waals surface area contributed by atoms with Crippen molar-refractivity contribution in [1.82, 2.24) is 15.0 Å². The number of pyridine rings is 1. The van der Waals surface area contributed by atoms with Crippen LogP contribution in [0.15, 0.2) is 65.8 Å². The molecule has 0 radical (unpaired) electrons. The molecule has 2 heterocycles. The Labute approximate surface area is 182 Å². The summed E-state index contributed by atoms with van der Waals surface area (Å²) in [5.74, 6) is 0.990. The maximum absolute atomic E-state index is 13.0. The molecule has 2 aromatic heterocycles. The molecule has 4 aromatic rings. The molecule has 32 heavy (non-hydrogen) atoms. The van der Waals surface area contributed by atoms with E-state index in [4.69, 9.17) is 0 Å². The molecule has 4 rings (SSSR count). The summed E-state index contributed by atoms with van der Waals surface area (Å²) in [6.07, 6.45) is 3.29. The average molecular weight is 458 g/mol. The Balaban J connectivity index is 1.87. The second kappa shape index (κ2) is 7.86. The van der Waals surface area contributed by atoms with Crippen LogP contribution in [0.3, 0.4) is 0 Å². The minimum absolute atomic E-state index is 0.371. The molecule has 0 bridgehead atoms. The quantitative estimate of drug-likeness (QED) is 0.463. The predicted molar refractivity (Wildman–Crippen MR) is 116 cm³/mol. The number of sulfone groups is 1. The van der Waals surface area contributed by atoms with E-state index in [0.29, 0.717) is 39.2 Å². The number of halogens is 3. The zero-order valence-corrected chi connectivity index (χ0v) is 17.8. The molecular weight excluding hydrogens is 441 g/mol. The van der Waals surface area contributed by atoms with E-state index in [9.17, 15) is 21.6 Å². The number of fused-ring (bicyclic) bond motifs is 1. The number of anilines is 1. The van der Waals surface area contributed by atoms with Gasteiger partial charge in [-0.15, -0.1) is 0 Å². The zero-order valence-electron chi connectivity index (χ0n) is 17.0. The highest BCUT2D eigenvalue weighted by Gasteiger charge is 2.47. The monoisotopic (exact) mass is 458 g/mol. The first-order chi connectivity index (χ1) is 15.1. The lowest BCUT2D eigenvalue weighted by atomic mass is 9.99. The first kappa shape index (κ1) is 21.7. The van der Waals surface area contributed by atoms with Crippen molar-refractivity contribution in [2.75, 3.05) is 12.4 Å². The average Bonchev–Trinajstić information content (AvgIpc) is 2.78. The molecule has 10 heteroatoms. The smallest absolute Gasteiger partial charge is 0.373 e. The second-order valence-electron chi connectivity index (χ2n) is 7.05. The third kappa shape index (κ3) is 3.77. The number of aryl methyl sites for hydroxylation is 1. The van der Waals surface area contributed by atoms with Crippen molar-refractivity contribution in [3.8, 4) is 22.5 Å². The third-order valence-corrected chi connectivity index (χ3v) is 6.47. The highest BCUT2D eigenvalue weighted by atomic mass is 32.2. The molecule has 0 atom stereocenters. The van der Waals surface area contributed by atoms with Gasteiger partial charge < -0.3 is 5.32 Å². The van der Waals surface area contributed by atoms with Gasteiger partial charge in [-0.25, -0.2) is 18.4 Å². The molecule has 0 saturated heterocycles. The number of aromatic nitrogens is 3. The number of hydrogen-bond donors (Lipinski definition) is 1. The Morgan fingerprint density at radius 3 is 2.41 bits per heavy atom. The molecule has 2 aromatic carbocycles. The molecular formula is C22H17F3N4O2S. The number of alkyl halides is 3. The van der Waals surface area contributed by atoms with E-state index in [-0.39, 0.29) is 0 Å². The van der Waals surface area contributed by atoms with Crippen molar-refractivity contribution in [3.05, 3.63) is 66.5 Å². The first-order valence-electron chi connectivity index (χ1n) is 9.44. The predicted octanol–water partition coefficient (Wildman–Crippen LogP) is 5.00. The molecule has 0 aliphatic rings. The molecule has 1 N–H and O–H groups in total. The lowest BCUT2D eigenvalue weighted by Gasteiger charge is -2.13. The summed E-state index contributed by atoms with van der Waals surface area (Å²) in [4.78, 5) is 12.4. The topological polar surface area (TPSA) is 84.8 Å². The van der Waals surface area contributed by atoms with Crippen LogP contribution in [0.25, 0.3) is 33.4 Å². The lowest BCUT2D eigenvalue weighted by molar-refractivity contribution is -0.0436. The van der Waals surface area contributed by atoms with Crippen molar-refractivity contribution >= 4 is 26.6 Å². The van der Waals surface area contributed by atoms with Crippen molar-refractivity contribution in [2.45, 2.75) is 17.3 Å². The normalized spacial score (nSPS) is 12.2. The molecule has 0 amide bonds. The molecule has 164 valence electrons. The summed E-state index contributed by atoms with van der Waals surface area (Å²) >= 11 is 0. The Morgan fingerprint density at radius 1 is 0.969 bits per heavy atom. The summed E-state index contributed by atoms with van der Waals surface area (Å²) < 4.78 is 62.8. The van der Waals surface area contributed by atoms with Crippen molar-refractivity contribution < 1.29 is 21.6 Å². The standard InChI is InChI=1S/C22H17F3N4O2S/c1-13-5-7-16(32(30,31)22(23,24)25)11-17(13)14-6-8-19-18(10-14)21(26-2)29-20(28-19)15-4-3-9-27-12-15/h3-12H,1-2H3,(H,26,28,29). The summed E-state index contributed by atoms with van der Waals surface area (Å²) in [6.45, 7) is 1.70. The Morgan fingerprint density at radius 2 is 1.75 bits per heavy atom. The van der Waals surface area contributed by atoms with Crippen molar-refractivity contribution in [3.63, 3.8) is 0 Å². The van der Waals surface area contributed by atoms with Crippen LogP contribution >= 0.6 is 0 Å². The number of nitrogens with zero attached hydrogens (tertiary/aromatic N) is 3. The highest BCUT2D eigenvalue weighted by Crippen LogP contribution is 2.35. The van der Waals surface area contributed by atoms with Gasteiger partial charge in [-0.05, 0) is 60.0 Å². The van der Waals surface area contributed by atoms with E-state index >= 15 is 0 Å². The van der Waals surface area contributed by atoms with Crippen LogP contribution < -0.4 is 5.32 Å².